The van der Waals surface area contributed by atoms with Gasteiger partial charge in [0.25, 0.3) is 0 Å². The van der Waals surface area contributed by atoms with Gasteiger partial charge in [0.2, 0.25) is 43.8 Å². The van der Waals surface area contributed by atoms with E-state index in [1.54, 1.807) is 84.9 Å². The fourth-order valence-corrected chi connectivity index (χ4v) is 8.16. The Morgan fingerprint density at radius 2 is 0.957 bits per heavy atom. The maximum absolute atomic E-state index is 13.6. The van der Waals surface area contributed by atoms with Crippen LogP contribution in [0.3, 0.4) is 0 Å². The van der Waals surface area contributed by atoms with Crippen LogP contribution in [0.5, 0.6) is 0 Å². The number of nitrogens with zero attached hydrogens (tertiary/aromatic N) is 6. The van der Waals surface area contributed by atoms with Crippen LogP contribution in [0.25, 0.3) is 0 Å². The van der Waals surface area contributed by atoms with E-state index < -0.39 is 55.2 Å². The number of halogens is 6. The maximum Gasteiger partial charge on any atom is 0.421 e. The number of carbonyl (C=O) groups is 2. The molecule has 368 valence electrons. The van der Waals surface area contributed by atoms with Crippen molar-refractivity contribution < 1.29 is 52.8 Å². The van der Waals surface area contributed by atoms with E-state index in [1.807, 2.05) is 0 Å². The molecule has 0 radical (unpaired) electrons. The highest BCUT2D eigenvalue weighted by atomic mass is 32.2. The number of carbonyl (C=O) groups excluding carboxylic acids is 2. The van der Waals surface area contributed by atoms with Crippen LogP contribution in [0.1, 0.15) is 33.4 Å². The molecule has 2 aromatic heterocycles. The van der Waals surface area contributed by atoms with Gasteiger partial charge in [0.05, 0.1) is 36.7 Å². The van der Waals surface area contributed by atoms with Crippen LogP contribution in [0.4, 0.5) is 84.0 Å². The average Bonchev–Trinajstić information content (AvgIpc) is 3.85. The molecule has 70 heavy (non-hydrogen) atoms. The highest BCUT2D eigenvalue weighted by Crippen LogP contribution is 2.37. The van der Waals surface area contributed by atoms with Gasteiger partial charge in [-0.25, -0.2) is 26.8 Å². The van der Waals surface area contributed by atoms with Gasteiger partial charge in [-0.2, -0.15) is 36.3 Å². The van der Waals surface area contributed by atoms with Gasteiger partial charge in [-0.1, -0.05) is 36.4 Å². The van der Waals surface area contributed by atoms with E-state index in [0.717, 1.165) is 32.2 Å². The quantitative estimate of drug-likeness (QED) is 0.0581. The minimum atomic E-state index is -4.72. The number of alkyl halides is 6. The van der Waals surface area contributed by atoms with Crippen molar-refractivity contribution in [1.82, 2.24) is 19.9 Å². The topological polar surface area (TPSA) is 233 Å². The van der Waals surface area contributed by atoms with Crippen LogP contribution in [0.15, 0.2) is 97.3 Å². The summed E-state index contributed by atoms with van der Waals surface area (Å²) in [4.78, 5) is 38.7. The minimum Gasteiger partial charge on any atom is -0.365 e. The molecule has 4 aromatic carbocycles. The molecule has 8 rings (SSSR count). The molecule has 0 saturated heterocycles. The van der Waals surface area contributed by atoms with Crippen LogP contribution < -0.4 is 40.5 Å². The molecule has 0 fully saturated rings. The molecule has 0 unspecified atom stereocenters. The zero-order valence-corrected chi connectivity index (χ0v) is 38.9. The van der Waals surface area contributed by atoms with E-state index >= 15 is 0 Å². The molecule has 2 aliphatic heterocycles. The number of hydrogen-bond donors (Lipinski definition) is 6. The fourth-order valence-electron chi connectivity index (χ4n) is 7.09. The number of hydrogen-bond acceptors (Lipinski definition) is 14. The Morgan fingerprint density at radius 3 is 1.31 bits per heavy atom. The zero-order valence-electron chi connectivity index (χ0n) is 37.3. The van der Waals surface area contributed by atoms with Gasteiger partial charge in [0.15, 0.2) is 0 Å². The molecule has 4 heterocycles. The van der Waals surface area contributed by atoms with Gasteiger partial charge in [0, 0.05) is 62.3 Å². The lowest BCUT2D eigenvalue weighted by Crippen LogP contribution is -2.26. The molecule has 0 saturated carbocycles. The Morgan fingerprint density at radius 1 is 0.586 bits per heavy atom. The second-order valence-corrected chi connectivity index (χ2v) is 19.8. The molecule has 26 heteroatoms. The predicted molar refractivity (Wildman–Crippen MR) is 252 cm³/mol. The van der Waals surface area contributed by atoms with Crippen molar-refractivity contribution in [2.75, 3.05) is 67.1 Å². The van der Waals surface area contributed by atoms with Crippen LogP contribution in [-0.2, 0) is 67.9 Å². The predicted octanol–water partition coefficient (Wildman–Crippen LogP) is 7.48. The first-order chi connectivity index (χ1) is 32.8. The summed E-state index contributed by atoms with van der Waals surface area (Å²) in [5, 5.41) is 16.5. The summed E-state index contributed by atoms with van der Waals surface area (Å²) in [6.45, 7) is -0.246. The largest absolute Gasteiger partial charge is 0.421 e. The number of benzene rings is 4. The van der Waals surface area contributed by atoms with Gasteiger partial charge < -0.3 is 31.9 Å². The van der Waals surface area contributed by atoms with Crippen molar-refractivity contribution in [1.29, 1.82) is 0 Å². The molecule has 0 spiro atoms. The maximum atomic E-state index is 13.6. The number of amides is 2. The molecule has 2 aliphatic rings. The number of nitrogens with one attached hydrogen (secondary N) is 6. The first kappa shape index (κ1) is 50.1. The van der Waals surface area contributed by atoms with Gasteiger partial charge in [0.1, 0.15) is 22.8 Å². The van der Waals surface area contributed by atoms with Crippen molar-refractivity contribution in [3.05, 3.63) is 131 Å². The monoisotopic (exact) mass is 1010 g/mol. The van der Waals surface area contributed by atoms with Crippen LogP contribution in [-0.4, -0.2) is 75.2 Å². The molecule has 18 nitrogen and oxygen atoms in total. The Hall–Kier alpha value is -7.74. The van der Waals surface area contributed by atoms with Crippen LogP contribution in [0, 0.1) is 0 Å². The summed E-state index contributed by atoms with van der Waals surface area (Å²) in [7, 11) is -4.43. The highest BCUT2D eigenvalue weighted by molar-refractivity contribution is 7.92. The summed E-state index contributed by atoms with van der Waals surface area (Å²) in [6, 6.07) is 23.0. The molecule has 6 N–H and O–H groups in total. The van der Waals surface area contributed by atoms with Gasteiger partial charge in [-0.05, 0) is 70.8 Å². The first-order valence-electron chi connectivity index (χ1n) is 20.6. The van der Waals surface area contributed by atoms with Gasteiger partial charge in [-0.3, -0.25) is 18.2 Å². The van der Waals surface area contributed by atoms with E-state index in [9.17, 15) is 52.8 Å². The lowest BCUT2D eigenvalue weighted by atomic mass is 10.1. The van der Waals surface area contributed by atoms with E-state index in [1.165, 1.54) is 14.1 Å². The van der Waals surface area contributed by atoms with Crippen LogP contribution in [0.2, 0.25) is 0 Å². The Balaban J connectivity index is 0.000000206. The van der Waals surface area contributed by atoms with Crippen molar-refractivity contribution >= 4 is 89.5 Å². The first-order valence-corrected chi connectivity index (χ1v) is 24.3. The van der Waals surface area contributed by atoms with Crippen molar-refractivity contribution in [2.24, 2.45) is 0 Å². The smallest absolute Gasteiger partial charge is 0.365 e. The number of para-hydroxylation sites is 2. The van der Waals surface area contributed by atoms with Crippen molar-refractivity contribution in [3.8, 4) is 0 Å². The molecule has 0 bridgehead atoms. The Kier molecular flexibility index (Phi) is 14.1. The Labute approximate surface area is 397 Å². The van der Waals surface area contributed by atoms with Crippen molar-refractivity contribution in [2.45, 2.75) is 38.3 Å². The normalized spacial score (nSPS) is 13.2. The lowest BCUT2D eigenvalue weighted by molar-refractivity contribution is -0.138. The summed E-state index contributed by atoms with van der Waals surface area (Å²) in [5.41, 5.74) is 3.28. The molecule has 0 aliphatic carbocycles. The second kappa shape index (κ2) is 19.7. The lowest BCUT2D eigenvalue weighted by Gasteiger charge is -2.21. The third-order valence-electron chi connectivity index (χ3n) is 10.7. The van der Waals surface area contributed by atoms with Gasteiger partial charge in [-0.15, -0.1) is 0 Å². The zero-order chi connectivity index (χ0) is 50.8. The standard InChI is InChI=1S/2C22H21F3N6O3S/c2*1-31(35(2,33)34)18-6-4-3-5-13(18)11-26-20-16(22(23,24)25)12-27-21(30-20)28-15-7-8-17-14(9-15)10-19(32)29-17/h2*3-9,12H,10-11H2,1-2H3,(H,29,32)(H2,26,27,28,30). The molecule has 2 amide bonds. The van der Waals surface area contributed by atoms with E-state index in [4.69, 9.17) is 0 Å². The average molecular weight is 1010 g/mol. The number of rotatable bonds is 14. The van der Waals surface area contributed by atoms with E-state index in [-0.39, 0.29) is 49.6 Å². The molecule has 0 atom stereocenters. The summed E-state index contributed by atoms with van der Waals surface area (Å²) < 4.78 is 132. The highest BCUT2D eigenvalue weighted by Gasteiger charge is 2.37. The number of sulfonamides is 2. The summed E-state index contributed by atoms with van der Waals surface area (Å²) in [5.74, 6) is -1.39. The third-order valence-corrected chi connectivity index (χ3v) is 13.1. The molecular weight excluding hydrogens is 971 g/mol. The fraction of sp³-hybridized carbons (Fsp3) is 0.227. The second-order valence-electron chi connectivity index (χ2n) is 15.8. The summed E-state index contributed by atoms with van der Waals surface area (Å²) >= 11 is 0. The summed E-state index contributed by atoms with van der Waals surface area (Å²) in [6.07, 6.45) is -5.62. The minimum absolute atomic E-state index is 0.0840. The van der Waals surface area contributed by atoms with Crippen molar-refractivity contribution in [3.63, 3.8) is 0 Å². The van der Waals surface area contributed by atoms with Crippen LogP contribution >= 0.6 is 0 Å². The van der Waals surface area contributed by atoms with E-state index in [0.29, 0.717) is 57.6 Å². The number of aromatic nitrogens is 4. The molecular formula is C44H42F6N12O6S2. The number of fused-ring (bicyclic) bond motifs is 2. The Bertz CT molecular complexity index is 3000. The SMILES string of the molecule is CN(c1ccccc1CNc1nc(Nc2ccc3c(c2)CC(=O)N3)ncc1C(F)(F)F)S(C)(=O)=O.CN(c1ccccc1CNc1nc(Nc2ccc3c(c2)CC(=O)N3)ncc1C(F)(F)F)S(C)(=O)=O. The molecule has 6 aromatic rings. The van der Waals surface area contributed by atoms with E-state index in [2.05, 4.69) is 51.8 Å². The number of anilines is 10. The van der Waals surface area contributed by atoms with Gasteiger partial charge >= 0.3 is 12.4 Å². The third kappa shape index (κ3) is 12.1.